The maximum absolute atomic E-state index is 12.1. The summed E-state index contributed by atoms with van der Waals surface area (Å²) in [4.78, 5) is 12.1. The minimum absolute atomic E-state index is 0.0838. The normalized spacial score (nSPS) is 19.4. The highest BCUT2D eigenvalue weighted by atomic mass is 32.2. The minimum atomic E-state index is -2.97. The van der Waals surface area contributed by atoms with E-state index in [1.807, 2.05) is 6.92 Å². The van der Waals surface area contributed by atoms with Crippen LogP contribution in [0.5, 0.6) is 0 Å². The molecule has 0 aromatic heterocycles. The van der Waals surface area contributed by atoms with Crippen LogP contribution in [0.2, 0.25) is 0 Å². The molecule has 0 N–H and O–H groups in total. The van der Waals surface area contributed by atoms with Gasteiger partial charge in [0.05, 0.1) is 5.75 Å². The van der Waals surface area contributed by atoms with E-state index >= 15 is 0 Å². The molecule has 0 bridgehead atoms. The predicted octanol–water partition coefficient (Wildman–Crippen LogP) is 1.73. The van der Waals surface area contributed by atoms with Gasteiger partial charge in [-0.2, -0.15) is 0 Å². The van der Waals surface area contributed by atoms with Crippen molar-refractivity contribution >= 4 is 15.6 Å². The van der Waals surface area contributed by atoms with Crippen LogP contribution >= 0.6 is 0 Å². The Kier molecular flexibility index (Phi) is 5.13. The lowest BCUT2D eigenvalue weighted by atomic mass is 9.93. The van der Waals surface area contributed by atoms with Crippen molar-refractivity contribution in [2.24, 2.45) is 0 Å². The van der Waals surface area contributed by atoms with Gasteiger partial charge in [-0.3, -0.25) is 4.79 Å². The highest BCUT2D eigenvalue weighted by Gasteiger charge is 2.40. The number of rotatable bonds is 7. The smallest absolute Gasteiger partial charge is 0.164 e. The second-order valence-corrected chi connectivity index (χ2v) is 7.05. The van der Waals surface area contributed by atoms with E-state index in [0.29, 0.717) is 19.4 Å². The fourth-order valence-corrected chi connectivity index (χ4v) is 3.12. The summed E-state index contributed by atoms with van der Waals surface area (Å²) in [5.41, 5.74) is -0.605. The Bertz CT molecular complexity index is 353. The van der Waals surface area contributed by atoms with Crippen molar-refractivity contribution in [2.45, 2.75) is 51.0 Å². The van der Waals surface area contributed by atoms with E-state index in [-0.39, 0.29) is 11.5 Å². The Hall–Kier alpha value is -0.420. The maximum atomic E-state index is 12.1. The zero-order chi connectivity index (χ0) is 12.9. The van der Waals surface area contributed by atoms with Crippen molar-refractivity contribution in [1.82, 2.24) is 0 Å². The number of ketones is 1. The summed E-state index contributed by atoms with van der Waals surface area (Å²) in [5.74, 6) is 0.168. The summed E-state index contributed by atoms with van der Waals surface area (Å²) in [5, 5.41) is 0. The third kappa shape index (κ3) is 4.39. The van der Waals surface area contributed by atoms with E-state index in [0.717, 1.165) is 25.7 Å². The Morgan fingerprint density at radius 3 is 2.35 bits per heavy atom. The first-order valence-corrected chi connectivity index (χ1v) is 8.31. The molecular weight excluding hydrogens is 240 g/mol. The van der Waals surface area contributed by atoms with E-state index in [4.69, 9.17) is 4.74 Å². The van der Waals surface area contributed by atoms with Gasteiger partial charge in [-0.05, 0) is 39.0 Å². The Balaban J connectivity index is 2.49. The lowest BCUT2D eigenvalue weighted by molar-refractivity contribution is -0.143. The Morgan fingerprint density at radius 2 is 1.88 bits per heavy atom. The number of ether oxygens (including phenoxy) is 1. The Labute approximate surface area is 104 Å². The molecule has 100 valence electrons. The predicted molar refractivity (Wildman–Crippen MR) is 66.8 cm³/mol. The molecule has 0 aromatic carbocycles. The van der Waals surface area contributed by atoms with E-state index in [1.165, 1.54) is 6.26 Å². The molecule has 0 aromatic rings. The maximum Gasteiger partial charge on any atom is 0.164 e. The number of carbonyl (C=O) groups is 1. The van der Waals surface area contributed by atoms with Gasteiger partial charge in [0.15, 0.2) is 5.78 Å². The molecular formula is C12H22O4S. The summed E-state index contributed by atoms with van der Waals surface area (Å²) < 4.78 is 27.6. The van der Waals surface area contributed by atoms with Gasteiger partial charge in [-0.15, -0.1) is 0 Å². The molecule has 0 radical (unpaired) electrons. The zero-order valence-corrected chi connectivity index (χ0v) is 11.5. The van der Waals surface area contributed by atoms with Crippen LogP contribution in [0.15, 0.2) is 0 Å². The molecule has 1 aliphatic rings. The van der Waals surface area contributed by atoms with Crippen LogP contribution in [0.1, 0.15) is 45.4 Å². The fourth-order valence-electron chi connectivity index (χ4n) is 2.45. The molecule has 0 atom stereocenters. The van der Waals surface area contributed by atoms with Gasteiger partial charge >= 0.3 is 0 Å². The van der Waals surface area contributed by atoms with Crippen molar-refractivity contribution < 1.29 is 17.9 Å². The Morgan fingerprint density at radius 1 is 1.29 bits per heavy atom. The monoisotopic (exact) mass is 262 g/mol. The van der Waals surface area contributed by atoms with E-state index in [2.05, 4.69) is 0 Å². The van der Waals surface area contributed by atoms with Gasteiger partial charge in [-0.1, -0.05) is 0 Å². The van der Waals surface area contributed by atoms with Crippen molar-refractivity contribution in [2.75, 3.05) is 18.6 Å². The molecule has 17 heavy (non-hydrogen) atoms. The second-order valence-electron chi connectivity index (χ2n) is 4.79. The average Bonchev–Trinajstić information content (AvgIpc) is 2.66. The van der Waals surface area contributed by atoms with Crippen LogP contribution in [0.4, 0.5) is 0 Å². The van der Waals surface area contributed by atoms with Crippen LogP contribution in [0.3, 0.4) is 0 Å². The first-order chi connectivity index (χ1) is 7.90. The first kappa shape index (κ1) is 14.6. The van der Waals surface area contributed by atoms with E-state index < -0.39 is 15.4 Å². The van der Waals surface area contributed by atoms with Crippen LogP contribution in [-0.4, -0.2) is 38.4 Å². The van der Waals surface area contributed by atoms with Crippen LogP contribution in [0, 0.1) is 0 Å². The topological polar surface area (TPSA) is 60.4 Å². The van der Waals surface area contributed by atoms with Crippen LogP contribution in [-0.2, 0) is 19.4 Å². The number of hydrogen-bond acceptors (Lipinski definition) is 4. The van der Waals surface area contributed by atoms with Crippen LogP contribution in [0.25, 0.3) is 0 Å². The number of hydrogen-bond donors (Lipinski definition) is 0. The SMILES string of the molecule is CCOC1(C(=O)CCCS(C)(=O)=O)CCCC1. The summed E-state index contributed by atoms with van der Waals surface area (Å²) in [6.07, 6.45) is 5.55. The van der Waals surface area contributed by atoms with Gasteiger partial charge in [0.2, 0.25) is 0 Å². The second kappa shape index (κ2) is 5.96. The fraction of sp³-hybridized carbons (Fsp3) is 0.917. The van der Waals surface area contributed by atoms with Crippen molar-refractivity contribution in [1.29, 1.82) is 0 Å². The first-order valence-electron chi connectivity index (χ1n) is 6.24. The van der Waals surface area contributed by atoms with Crippen molar-refractivity contribution in [3.63, 3.8) is 0 Å². The van der Waals surface area contributed by atoms with E-state index in [9.17, 15) is 13.2 Å². The van der Waals surface area contributed by atoms with Gasteiger partial charge in [0, 0.05) is 19.3 Å². The van der Waals surface area contributed by atoms with Gasteiger partial charge in [0.25, 0.3) is 0 Å². The van der Waals surface area contributed by atoms with Gasteiger partial charge in [0.1, 0.15) is 15.4 Å². The highest BCUT2D eigenvalue weighted by Crippen LogP contribution is 2.35. The van der Waals surface area contributed by atoms with Crippen molar-refractivity contribution in [3.8, 4) is 0 Å². The largest absolute Gasteiger partial charge is 0.368 e. The highest BCUT2D eigenvalue weighted by molar-refractivity contribution is 7.90. The standard InChI is InChI=1S/C12H22O4S/c1-3-16-12(8-4-5-9-12)11(13)7-6-10-17(2,14)15/h3-10H2,1-2H3. The van der Waals surface area contributed by atoms with Gasteiger partial charge < -0.3 is 4.74 Å². The molecule has 5 heteroatoms. The van der Waals surface area contributed by atoms with E-state index in [1.54, 1.807) is 0 Å². The number of sulfone groups is 1. The average molecular weight is 262 g/mol. The molecule has 4 nitrogen and oxygen atoms in total. The van der Waals surface area contributed by atoms with Crippen molar-refractivity contribution in [3.05, 3.63) is 0 Å². The molecule has 1 rings (SSSR count). The molecule has 0 saturated heterocycles. The molecule has 0 amide bonds. The number of Topliss-reactive ketones (excluding diaryl/α,β-unsaturated/α-hetero) is 1. The molecule has 0 aliphatic heterocycles. The van der Waals surface area contributed by atoms with Crippen LogP contribution < -0.4 is 0 Å². The number of carbonyl (C=O) groups excluding carboxylic acids is 1. The molecule has 0 heterocycles. The summed E-state index contributed by atoms with van der Waals surface area (Å²) in [6, 6.07) is 0. The third-order valence-electron chi connectivity index (χ3n) is 3.26. The lowest BCUT2D eigenvalue weighted by Crippen LogP contribution is -2.39. The molecule has 0 spiro atoms. The quantitative estimate of drug-likeness (QED) is 0.701. The molecule has 1 saturated carbocycles. The lowest BCUT2D eigenvalue weighted by Gasteiger charge is -2.27. The summed E-state index contributed by atoms with van der Waals surface area (Å²) >= 11 is 0. The summed E-state index contributed by atoms with van der Waals surface area (Å²) in [6.45, 7) is 2.43. The third-order valence-corrected chi connectivity index (χ3v) is 4.29. The minimum Gasteiger partial charge on any atom is -0.368 e. The zero-order valence-electron chi connectivity index (χ0n) is 10.7. The molecule has 1 aliphatic carbocycles. The molecule has 0 unspecified atom stereocenters. The van der Waals surface area contributed by atoms with Gasteiger partial charge in [-0.25, -0.2) is 8.42 Å². The summed E-state index contributed by atoms with van der Waals surface area (Å²) in [7, 11) is -2.97. The molecule has 1 fully saturated rings.